The molecule has 1 rings (SSSR count). The molecular formula is C5H7IN2. The minimum atomic E-state index is 1.07. The maximum Gasteiger partial charge on any atom is 0.0843 e. The Morgan fingerprint density at radius 2 is 2.62 bits per heavy atom. The van der Waals surface area contributed by atoms with E-state index in [-0.39, 0.29) is 0 Å². The van der Waals surface area contributed by atoms with Crippen LogP contribution in [0.3, 0.4) is 0 Å². The van der Waals surface area contributed by atoms with E-state index in [1.165, 1.54) is 5.56 Å². The topological polar surface area (TPSA) is 17.8 Å². The number of halogens is 1. The van der Waals surface area contributed by atoms with E-state index in [1.807, 2.05) is 12.4 Å². The minimum Gasteiger partial charge on any atom is -0.211 e. The van der Waals surface area contributed by atoms with E-state index in [2.05, 4.69) is 34.9 Å². The van der Waals surface area contributed by atoms with Crippen molar-refractivity contribution in [2.75, 3.05) is 0 Å². The quantitative estimate of drug-likeness (QED) is 0.660. The Balaban J connectivity index is 2.84. The predicted octanol–water partition coefficient (Wildman–Crippen LogP) is 1.64. The monoisotopic (exact) mass is 222 g/mol. The molecule has 0 amide bonds. The Bertz CT molecular complexity index is 171. The van der Waals surface area contributed by atoms with Gasteiger partial charge >= 0.3 is 0 Å². The van der Waals surface area contributed by atoms with Gasteiger partial charge in [0.15, 0.2) is 0 Å². The van der Waals surface area contributed by atoms with Crippen molar-refractivity contribution in [1.29, 1.82) is 0 Å². The SMILES string of the molecule is CCc1cnn(I)c1. The molecule has 1 aromatic heterocycles. The fourth-order valence-electron chi connectivity index (χ4n) is 0.515. The zero-order valence-electron chi connectivity index (χ0n) is 4.63. The maximum absolute atomic E-state index is 3.99. The molecule has 3 heteroatoms. The zero-order chi connectivity index (χ0) is 5.98. The summed E-state index contributed by atoms with van der Waals surface area (Å²) in [6.07, 6.45) is 4.97. The number of aromatic nitrogens is 2. The van der Waals surface area contributed by atoms with Crippen molar-refractivity contribution < 1.29 is 0 Å². The largest absolute Gasteiger partial charge is 0.211 e. The van der Waals surface area contributed by atoms with Gasteiger partial charge in [-0.25, -0.2) is 2.90 Å². The lowest BCUT2D eigenvalue weighted by Gasteiger charge is -1.79. The number of hydrogen-bond donors (Lipinski definition) is 0. The summed E-state index contributed by atoms with van der Waals surface area (Å²) in [5, 5.41) is 3.99. The van der Waals surface area contributed by atoms with Crippen LogP contribution in [0.25, 0.3) is 0 Å². The van der Waals surface area contributed by atoms with Gasteiger partial charge in [0.25, 0.3) is 0 Å². The van der Waals surface area contributed by atoms with Gasteiger partial charge in [-0.15, -0.1) is 0 Å². The smallest absolute Gasteiger partial charge is 0.0843 e. The highest BCUT2D eigenvalue weighted by atomic mass is 127. The molecule has 0 saturated heterocycles. The molecule has 0 fully saturated rings. The van der Waals surface area contributed by atoms with Crippen molar-refractivity contribution in [3.05, 3.63) is 18.0 Å². The first-order valence-corrected chi connectivity index (χ1v) is 3.49. The Kier molecular flexibility index (Phi) is 1.88. The van der Waals surface area contributed by atoms with Gasteiger partial charge in [0.05, 0.1) is 29.1 Å². The first-order chi connectivity index (χ1) is 3.83. The summed E-state index contributed by atoms with van der Waals surface area (Å²) in [6.45, 7) is 2.12. The van der Waals surface area contributed by atoms with Crippen molar-refractivity contribution in [3.8, 4) is 0 Å². The van der Waals surface area contributed by atoms with Gasteiger partial charge in [0.1, 0.15) is 0 Å². The van der Waals surface area contributed by atoms with Gasteiger partial charge in [-0.05, 0) is 12.0 Å². The molecule has 2 nitrogen and oxygen atoms in total. The number of rotatable bonds is 1. The molecule has 0 saturated carbocycles. The summed E-state index contributed by atoms with van der Waals surface area (Å²) in [5.74, 6) is 0. The summed E-state index contributed by atoms with van der Waals surface area (Å²) in [4.78, 5) is 0. The molecule has 0 unspecified atom stereocenters. The fourth-order valence-corrected chi connectivity index (χ4v) is 0.998. The van der Waals surface area contributed by atoms with E-state index < -0.39 is 0 Å². The summed E-state index contributed by atoms with van der Waals surface area (Å²) in [6, 6.07) is 0. The number of aryl methyl sites for hydroxylation is 1. The van der Waals surface area contributed by atoms with Crippen LogP contribution in [0.15, 0.2) is 12.4 Å². The van der Waals surface area contributed by atoms with Crippen molar-refractivity contribution in [3.63, 3.8) is 0 Å². The maximum atomic E-state index is 3.99. The van der Waals surface area contributed by atoms with Gasteiger partial charge in [0.2, 0.25) is 0 Å². The molecule has 0 aliphatic carbocycles. The second kappa shape index (κ2) is 2.48. The van der Waals surface area contributed by atoms with Gasteiger partial charge < -0.3 is 0 Å². The second-order valence-electron chi connectivity index (χ2n) is 1.59. The highest BCUT2D eigenvalue weighted by Gasteiger charge is 1.89. The van der Waals surface area contributed by atoms with Gasteiger partial charge in [0, 0.05) is 6.20 Å². The van der Waals surface area contributed by atoms with E-state index in [9.17, 15) is 0 Å². The van der Waals surface area contributed by atoms with E-state index in [4.69, 9.17) is 0 Å². The first-order valence-electron chi connectivity index (χ1n) is 2.52. The third-order valence-corrected chi connectivity index (χ3v) is 1.54. The van der Waals surface area contributed by atoms with E-state index >= 15 is 0 Å². The standard InChI is InChI=1S/C5H7IN2/c1-2-5-3-7-8(6)4-5/h3-4H,2H2,1H3. The predicted molar refractivity (Wildman–Crippen MR) is 41.0 cm³/mol. The van der Waals surface area contributed by atoms with E-state index in [0.29, 0.717) is 0 Å². The lowest BCUT2D eigenvalue weighted by molar-refractivity contribution is 1.06. The summed E-state index contributed by atoms with van der Waals surface area (Å²) < 4.78 is 1.79. The molecule has 0 aliphatic heterocycles. The molecular weight excluding hydrogens is 215 g/mol. The summed E-state index contributed by atoms with van der Waals surface area (Å²) in [7, 11) is 0. The highest BCUT2D eigenvalue weighted by molar-refractivity contribution is 14.1. The molecule has 44 valence electrons. The van der Waals surface area contributed by atoms with Crippen molar-refractivity contribution in [2.24, 2.45) is 0 Å². The molecule has 0 N–H and O–H groups in total. The number of nitrogens with zero attached hydrogens (tertiary/aromatic N) is 2. The molecule has 8 heavy (non-hydrogen) atoms. The van der Waals surface area contributed by atoms with Crippen molar-refractivity contribution >= 4 is 22.9 Å². The normalized spacial score (nSPS) is 9.75. The van der Waals surface area contributed by atoms with Crippen LogP contribution in [0.2, 0.25) is 0 Å². The molecule has 1 heterocycles. The van der Waals surface area contributed by atoms with Crippen LogP contribution in [0.5, 0.6) is 0 Å². The Labute approximate surface area is 62.4 Å². The summed E-state index contributed by atoms with van der Waals surface area (Å²) >= 11 is 2.13. The Hall–Kier alpha value is -0.0600. The summed E-state index contributed by atoms with van der Waals surface area (Å²) in [5.41, 5.74) is 1.29. The third kappa shape index (κ3) is 1.21. The van der Waals surface area contributed by atoms with Crippen LogP contribution in [-0.4, -0.2) is 7.99 Å². The van der Waals surface area contributed by atoms with Crippen LogP contribution in [-0.2, 0) is 6.42 Å². The van der Waals surface area contributed by atoms with E-state index in [0.717, 1.165) is 6.42 Å². The lowest BCUT2D eigenvalue weighted by Crippen LogP contribution is -1.73. The molecule has 0 spiro atoms. The Morgan fingerprint density at radius 1 is 1.88 bits per heavy atom. The van der Waals surface area contributed by atoms with Crippen LogP contribution in [0, 0.1) is 0 Å². The highest BCUT2D eigenvalue weighted by Crippen LogP contribution is 1.99. The molecule has 0 atom stereocenters. The van der Waals surface area contributed by atoms with Gasteiger partial charge in [-0.2, -0.15) is 5.10 Å². The average Bonchev–Trinajstić information content (AvgIpc) is 2.14. The van der Waals surface area contributed by atoms with Crippen LogP contribution < -0.4 is 0 Å². The van der Waals surface area contributed by atoms with Crippen molar-refractivity contribution in [2.45, 2.75) is 13.3 Å². The zero-order valence-corrected chi connectivity index (χ0v) is 6.79. The minimum absolute atomic E-state index is 1.07. The van der Waals surface area contributed by atoms with E-state index in [1.54, 1.807) is 2.90 Å². The molecule has 0 radical (unpaired) electrons. The van der Waals surface area contributed by atoms with Crippen LogP contribution in [0.4, 0.5) is 0 Å². The lowest BCUT2D eigenvalue weighted by atomic mass is 10.3. The van der Waals surface area contributed by atoms with Gasteiger partial charge in [-0.1, -0.05) is 6.92 Å². The van der Waals surface area contributed by atoms with Crippen LogP contribution in [0.1, 0.15) is 12.5 Å². The first kappa shape index (κ1) is 6.07. The molecule has 0 aliphatic rings. The van der Waals surface area contributed by atoms with Crippen LogP contribution >= 0.6 is 22.9 Å². The second-order valence-corrected chi connectivity index (χ2v) is 2.58. The average molecular weight is 222 g/mol. The van der Waals surface area contributed by atoms with Gasteiger partial charge in [-0.3, -0.25) is 0 Å². The molecule has 0 bridgehead atoms. The molecule has 1 aromatic rings. The van der Waals surface area contributed by atoms with Crippen molar-refractivity contribution in [1.82, 2.24) is 7.99 Å². The fraction of sp³-hybridized carbons (Fsp3) is 0.400. The Morgan fingerprint density at radius 3 is 2.88 bits per heavy atom. The number of hydrogen-bond acceptors (Lipinski definition) is 1. The molecule has 0 aromatic carbocycles. The third-order valence-electron chi connectivity index (χ3n) is 1.01.